The Kier molecular flexibility index (Phi) is 17.6. The minimum atomic E-state index is -1.10. The molecule has 2 aliphatic heterocycles. The quantitative estimate of drug-likeness (QED) is 0.168. The summed E-state index contributed by atoms with van der Waals surface area (Å²) >= 11 is 12.5. The highest BCUT2D eigenvalue weighted by atomic mass is 35.5. The number of rotatable bonds is 10. The van der Waals surface area contributed by atoms with E-state index >= 15 is 0 Å². The van der Waals surface area contributed by atoms with Crippen LogP contribution in [-0.4, -0.2) is 121 Å². The third-order valence-corrected chi connectivity index (χ3v) is 6.98. The zero-order chi connectivity index (χ0) is 36.9. The minimum absolute atomic E-state index is 0.273. The summed E-state index contributed by atoms with van der Waals surface area (Å²) in [7, 11) is 0. The van der Waals surface area contributed by atoms with Gasteiger partial charge in [0.05, 0.1) is 0 Å². The van der Waals surface area contributed by atoms with Crippen LogP contribution in [0, 0.1) is 0 Å². The molecule has 0 aromatic heterocycles. The molecular weight excluding hydrogens is 691 g/mol. The van der Waals surface area contributed by atoms with Crippen molar-refractivity contribution in [2.24, 2.45) is 0 Å². The fraction of sp³-hybridized carbons (Fsp3) is 0.714. The highest BCUT2D eigenvalue weighted by Gasteiger charge is 2.51. The number of nitrogens with one attached hydrogen (secondary N) is 2. The highest BCUT2D eigenvalue weighted by Crippen LogP contribution is 2.30. The average molecular weight is 732 g/mol. The molecule has 0 saturated carbocycles. The fourth-order valence-electron chi connectivity index (χ4n) is 4.42. The van der Waals surface area contributed by atoms with Crippen LogP contribution >= 0.6 is 23.2 Å². The summed E-state index contributed by atoms with van der Waals surface area (Å²) in [5.74, 6) is -4.63. The van der Waals surface area contributed by atoms with Crippen LogP contribution in [0.5, 0.6) is 0 Å². The molecule has 0 aliphatic carbocycles. The van der Waals surface area contributed by atoms with Gasteiger partial charge in [0, 0.05) is 55.4 Å². The Morgan fingerprint density at radius 1 is 0.479 bits per heavy atom. The van der Waals surface area contributed by atoms with Crippen LogP contribution in [0.4, 0.5) is 0 Å². The summed E-state index contributed by atoms with van der Waals surface area (Å²) in [5.41, 5.74) is 0. The molecule has 0 spiro atoms. The largest absolute Gasteiger partial charge is 0.463 e. The molecule has 2 fully saturated rings. The van der Waals surface area contributed by atoms with Gasteiger partial charge in [-0.2, -0.15) is 0 Å². The highest BCUT2D eigenvalue weighted by molar-refractivity contribution is 6.22. The second kappa shape index (κ2) is 19.9. The van der Waals surface area contributed by atoms with Gasteiger partial charge in [-0.05, 0) is 0 Å². The first-order valence-corrected chi connectivity index (χ1v) is 15.2. The fourth-order valence-corrected chi connectivity index (χ4v) is 5.06. The Morgan fingerprint density at radius 3 is 0.979 bits per heavy atom. The molecule has 0 bridgehead atoms. The van der Waals surface area contributed by atoms with Crippen LogP contribution in [0.3, 0.4) is 0 Å². The molecule has 2 N–H and O–H groups in total. The number of esters is 6. The first-order valence-electron chi connectivity index (χ1n) is 14.3. The zero-order valence-corrected chi connectivity index (χ0v) is 29.0. The Balaban J connectivity index is 0.000000480. The Labute approximate surface area is 285 Å². The molecule has 2 rings (SSSR count). The molecule has 272 valence electrons. The Hall–Kier alpha value is -3.74. The van der Waals surface area contributed by atoms with E-state index in [0.717, 1.165) is 13.8 Å². The van der Waals surface area contributed by atoms with Gasteiger partial charge in [-0.15, -0.1) is 23.2 Å². The SMILES string of the molecule is CC(=O)N[C@H]1O[C@H](COC(C)=O)[C@@H](OC(C)=O)[C@H](OC(C)=O)[C@@H]1Cl.CC(=O)N[C@H]1O[C@H](COC(C)=O)[C@@H](OC(C)=O)[C@H](OC(C)=O)[C@@H]1Cl. The number of amides is 2. The van der Waals surface area contributed by atoms with E-state index in [0.29, 0.717) is 0 Å². The lowest BCUT2D eigenvalue weighted by atomic mass is 9.99. The predicted molar refractivity (Wildman–Crippen MR) is 160 cm³/mol. The maximum absolute atomic E-state index is 11.4. The van der Waals surface area contributed by atoms with Crippen LogP contribution in [-0.2, 0) is 76.3 Å². The van der Waals surface area contributed by atoms with Crippen molar-refractivity contribution < 1.29 is 76.3 Å². The normalized spacial score (nSPS) is 29.3. The first-order chi connectivity index (χ1) is 22.2. The second-order valence-corrected chi connectivity index (χ2v) is 11.4. The van der Waals surface area contributed by atoms with Crippen LogP contribution in [0.25, 0.3) is 0 Å². The van der Waals surface area contributed by atoms with E-state index < -0.39 is 107 Å². The number of halogens is 2. The van der Waals surface area contributed by atoms with Crippen molar-refractivity contribution in [2.75, 3.05) is 13.2 Å². The van der Waals surface area contributed by atoms with Crippen molar-refractivity contribution in [3.63, 3.8) is 0 Å². The monoisotopic (exact) mass is 730 g/mol. The van der Waals surface area contributed by atoms with Gasteiger partial charge < -0.3 is 48.5 Å². The van der Waals surface area contributed by atoms with E-state index in [1.807, 2.05) is 0 Å². The summed E-state index contributed by atoms with van der Waals surface area (Å²) in [5, 5.41) is 2.89. The Morgan fingerprint density at radius 2 is 0.750 bits per heavy atom. The lowest BCUT2D eigenvalue weighted by molar-refractivity contribution is -0.217. The summed E-state index contributed by atoms with van der Waals surface area (Å²) in [4.78, 5) is 90.1. The molecule has 20 heteroatoms. The molecule has 0 radical (unpaired) electrons. The van der Waals surface area contributed by atoms with E-state index in [4.69, 9.17) is 61.1 Å². The number of ether oxygens (including phenoxy) is 8. The van der Waals surface area contributed by atoms with Crippen molar-refractivity contribution in [2.45, 2.75) is 115 Å². The molecule has 0 aromatic rings. The molecule has 2 aliphatic rings. The number of carbonyl (C=O) groups is 8. The zero-order valence-electron chi connectivity index (χ0n) is 27.5. The van der Waals surface area contributed by atoms with Crippen molar-refractivity contribution in [3.8, 4) is 0 Å². The maximum Gasteiger partial charge on any atom is 0.303 e. The van der Waals surface area contributed by atoms with Crippen molar-refractivity contribution in [1.29, 1.82) is 0 Å². The third-order valence-electron chi connectivity index (χ3n) is 6.03. The summed E-state index contributed by atoms with van der Waals surface area (Å²) in [6.45, 7) is 9.02. The third kappa shape index (κ3) is 14.6. The predicted octanol–water partition coefficient (Wildman–Crippen LogP) is -0.237. The maximum atomic E-state index is 11.4. The molecule has 0 aromatic carbocycles. The number of alkyl halides is 2. The van der Waals surface area contributed by atoms with Gasteiger partial charge in [-0.3, -0.25) is 38.4 Å². The van der Waals surface area contributed by atoms with E-state index in [2.05, 4.69) is 10.6 Å². The molecule has 18 nitrogen and oxygen atoms in total. The van der Waals surface area contributed by atoms with E-state index in [9.17, 15) is 38.4 Å². The number of carbonyl (C=O) groups excluding carboxylic acids is 8. The molecular formula is C28H40Cl2N2O16. The topological polar surface area (TPSA) is 234 Å². The van der Waals surface area contributed by atoms with E-state index in [1.54, 1.807) is 0 Å². The van der Waals surface area contributed by atoms with Gasteiger partial charge in [0.2, 0.25) is 11.8 Å². The van der Waals surface area contributed by atoms with E-state index in [-0.39, 0.29) is 13.2 Å². The van der Waals surface area contributed by atoms with Crippen LogP contribution in [0.15, 0.2) is 0 Å². The van der Waals surface area contributed by atoms with Gasteiger partial charge in [0.1, 0.15) is 36.2 Å². The van der Waals surface area contributed by atoms with Gasteiger partial charge in [-0.25, -0.2) is 0 Å². The Bertz CT molecular complexity index is 1080. The van der Waals surface area contributed by atoms with Gasteiger partial charge in [0.15, 0.2) is 36.9 Å². The number of hydrogen-bond donors (Lipinski definition) is 2. The summed E-state index contributed by atoms with van der Waals surface area (Å²) in [6, 6.07) is 0. The smallest absolute Gasteiger partial charge is 0.303 e. The van der Waals surface area contributed by atoms with Crippen molar-refractivity contribution in [3.05, 3.63) is 0 Å². The lowest BCUT2D eigenvalue weighted by Crippen LogP contribution is -2.63. The van der Waals surface area contributed by atoms with Gasteiger partial charge in [-0.1, -0.05) is 0 Å². The van der Waals surface area contributed by atoms with Gasteiger partial charge in [0.25, 0.3) is 0 Å². The van der Waals surface area contributed by atoms with Crippen LogP contribution in [0.1, 0.15) is 55.4 Å². The molecule has 2 saturated heterocycles. The first kappa shape index (κ1) is 42.3. The second-order valence-electron chi connectivity index (χ2n) is 10.4. The number of hydrogen-bond acceptors (Lipinski definition) is 16. The lowest BCUT2D eigenvalue weighted by Gasteiger charge is -2.43. The van der Waals surface area contributed by atoms with Crippen LogP contribution < -0.4 is 10.6 Å². The standard InChI is InChI=1S/2C14H20ClNO8/c2*1-6(17)16-14-11(15)13(23-9(4)20)12(22-8(3)19)10(24-14)5-21-7(2)18/h2*10-14H,5H2,1-4H3,(H,16,17)/t2*10-,11+,12-,13-,14+/m11/s1. The van der Waals surface area contributed by atoms with Crippen molar-refractivity contribution >= 4 is 70.8 Å². The minimum Gasteiger partial charge on any atom is -0.463 e. The molecule has 0 unspecified atom stereocenters. The summed E-state index contributed by atoms with van der Waals surface area (Å²) < 4.78 is 41.5. The van der Waals surface area contributed by atoms with Crippen molar-refractivity contribution in [1.82, 2.24) is 10.6 Å². The molecule has 48 heavy (non-hydrogen) atoms. The molecule has 2 amide bonds. The molecule has 2 heterocycles. The van der Waals surface area contributed by atoms with E-state index in [1.165, 1.54) is 41.5 Å². The average Bonchev–Trinajstić information content (AvgIpc) is 2.93. The molecule has 10 atom stereocenters. The van der Waals surface area contributed by atoms with Crippen LogP contribution in [0.2, 0.25) is 0 Å². The summed E-state index contributed by atoms with van der Waals surface area (Å²) in [6.07, 6.45) is -8.40. The van der Waals surface area contributed by atoms with Gasteiger partial charge >= 0.3 is 35.8 Å².